The van der Waals surface area contributed by atoms with Crippen molar-refractivity contribution >= 4 is 5.91 Å². The van der Waals surface area contributed by atoms with Crippen LogP contribution in [0.15, 0.2) is 54.6 Å². The Labute approximate surface area is 148 Å². The maximum atomic E-state index is 13.3. The van der Waals surface area contributed by atoms with Gasteiger partial charge in [-0.05, 0) is 49.4 Å². The number of halogens is 1. The maximum Gasteiger partial charge on any atom is 0.236 e. The van der Waals surface area contributed by atoms with Crippen LogP contribution in [0, 0.1) is 5.82 Å². The average Bonchev–Trinajstić information content (AvgIpc) is 2.64. The third-order valence-electron chi connectivity index (χ3n) is 4.92. The largest absolute Gasteiger partial charge is 0.339 e. The maximum absolute atomic E-state index is 13.3. The minimum Gasteiger partial charge on any atom is -0.339 e. The van der Waals surface area contributed by atoms with Crippen LogP contribution in [-0.2, 0) is 4.79 Å². The van der Waals surface area contributed by atoms with Gasteiger partial charge in [-0.2, -0.15) is 0 Å². The Morgan fingerprint density at radius 1 is 1.12 bits per heavy atom. The second kappa shape index (κ2) is 8.26. The van der Waals surface area contributed by atoms with Crippen molar-refractivity contribution in [2.45, 2.75) is 38.3 Å². The molecule has 2 atom stereocenters. The molecule has 1 heterocycles. The number of hydrogen-bond acceptors (Lipinski definition) is 2. The fourth-order valence-electron chi connectivity index (χ4n) is 3.49. The van der Waals surface area contributed by atoms with E-state index in [0.717, 1.165) is 30.5 Å². The number of carbonyl (C=O) groups excluding carboxylic acids is 1. The molecule has 0 saturated carbocycles. The van der Waals surface area contributed by atoms with E-state index in [1.165, 1.54) is 18.6 Å². The molecule has 1 N–H and O–H groups in total. The highest BCUT2D eigenvalue weighted by Crippen LogP contribution is 2.22. The summed E-state index contributed by atoms with van der Waals surface area (Å²) in [5.74, 6) is -0.121. The lowest BCUT2D eigenvalue weighted by atomic mass is 9.98. The van der Waals surface area contributed by atoms with Crippen molar-refractivity contribution in [3.8, 4) is 0 Å². The minimum atomic E-state index is -0.256. The Hall–Kier alpha value is -2.20. The molecule has 0 radical (unpaired) electrons. The lowest BCUT2D eigenvalue weighted by Gasteiger charge is -2.34. The third-order valence-corrected chi connectivity index (χ3v) is 4.92. The zero-order valence-electron chi connectivity index (χ0n) is 14.6. The van der Waals surface area contributed by atoms with Gasteiger partial charge < -0.3 is 4.90 Å². The van der Waals surface area contributed by atoms with E-state index in [4.69, 9.17) is 0 Å². The quantitative estimate of drug-likeness (QED) is 0.895. The van der Waals surface area contributed by atoms with Crippen LogP contribution in [0.25, 0.3) is 0 Å². The molecule has 4 heteroatoms. The van der Waals surface area contributed by atoms with Gasteiger partial charge >= 0.3 is 0 Å². The molecule has 2 aromatic carbocycles. The van der Waals surface area contributed by atoms with Crippen LogP contribution in [-0.4, -0.2) is 29.9 Å². The first-order valence-electron chi connectivity index (χ1n) is 8.98. The lowest BCUT2D eigenvalue weighted by Crippen LogP contribution is -2.46. The average molecular weight is 340 g/mol. The number of nitrogens with zero attached hydrogens (tertiary/aromatic N) is 1. The Morgan fingerprint density at radius 2 is 1.80 bits per heavy atom. The van der Waals surface area contributed by atoms with Crippen molar-refractivity contribution in [1.29, 1.82) is 0 Å². The van der Waals surface area contributed by atoms with E-state index in [9.17, 15) is 9.18 Å². The molecule has 0 spiro atoms. The van der Waals surface area contributed by atoms with Crippen molar-refractivity contribution in [2.75, 3.05) is 13.1 Å². The summed E-state index contributed by atoms with van der Waals surface area (Å²) in [4.78, 5) is 14.6. The number of amides is 1. The molecule has 1 aliphatic rings. The fourth-order valence-corrected chi connectivity index (χ4v) is 3.49. The summed E-state index contributed by atoms with van der Waals surface area (Å²) in [7, 11) is 0. The number of carbonyl (C=O) groups is 1. The summed E-state index contributed by atoms with van der Waals surface area (Å²) in [5, 5.41) is 3.38. The molecule has 1 amide bonds. The number of rotatable bonds is 5. The van der Waals surface area contributed by atoms with E-state index in [1.807, 2.05) is 35.2 Å². The Kier molecular flexibility index (Phi) is 5.82. The summed E-state index contributed by atoms with van der Waals surface area (Å²) >= 11 is 0. The highest BCUT2D eigenvalue weighted by atomic mass is 19.1. The molecule has 25 heavy (non-hydrogen) atoms. The first kappa shape index (κ1) is 17.6. The van der Waals surface area contributed by atoms with Crippen molar-refractivity contribution in [2.24, 2.45) is 0 Å². The third kappa shape index (κ3) is 4.45. The van der Waals surface area contributed by atoms with Crippen LogP contribution >= 0.6 is 0 Å². The van der Waals surface area contributed by atoms with E-state index < -0.39 is 0 Å². The predicted octanol–water partition coefficient (Wildman–Crippen LogP) is 3.91. The molecule has 0 aromatic heterocycles. The van der Waals surface area contributed by atoms with Crippen LogP contribution in [0.4, 0.5) is 4.39 Å². The molecular weight excluding hydrogens is 315 g/mol. The van der Waals surface area contributed by atoms with E-state index in [1.54, 1.807) is 12.1 Å². The van der Waals surface area contributed by atoms with Crippen molar-refractivity contribution in [3.05, 3.63) is 71.5 Å². The summed E-state index contributed by atoms with van der Waals surface area (Å²) in [6, 6.07) is 16.6. The molecule has 1 saturated heterocycles. The van der Waals surface area contributed by atoms with Gasteiger partial charge in [0.2, 0.25) is 5.91 Å². The van der Waals surface area contributed by atoms with E-state index >= 15 is 0 Å². The van der Waals surface area contributed by atoms with E-state index in [0.29, 0.717) is 6.04 Å². The van der Waals surface area contributed by atoms with Crippen molar-refractivity contribution < 1.29 is 9.18 Å². The Morgan fingerprint density at radius 3 is 2.48 bits per heavy atom. The lowest BCUT2D eigenvalue weighted by molar-refractivity contribution is -0.133. The summed E-state index contributed by atoms with van der Waals surface area (Å²) in [6.07, 6.45) is 3.35. The Bertz CT molecular complexity index is 687. The molecule has 0 aliphatic carbocycles. The number of piperidine rings is 1. The van der Waals surface area contributed by atoms with Gasteiger partial charge in [-0.1, -0.05) is 42.5 Å². The highest BCUT2D eigenvalue weighted by molar-refractivity contribution is 5.78. The van der Waals surface area contributed by atoms with Crippen LogP contribution in [0.5, 0.6) is 0 Å². The molecular formula is C21H25FN2O. The van der Waals surface area contributed by atoms with E-state index in [-0.39, 0.29) is 24.3 Å². The first-order chi connectivity index (χ1) is 12.1. The van der Waals surface area contributed by atoms with Crippen LogP contribution in [0.1, 0.15) is 43.4 Å². The zero-order chi connectivity index (χ0) is 17.6. The number of nitrogens with one attached hydrogen (secondary N) is 1. The smallest absolute Gasteiger partial charge is 0.236 e. The molecule has 3 rings (SSSR count). The van der Waals surface area contributed by atoms with Crippen LogP contribution in [0.2, 0.25) is 0 Å². The SMILES string of the molecule is CC1CCCCN1C(=O)CNC(c1ccccc1)c1ccc(F)cc1. The first-order valence-corrected chi connectivity index (χ1v) is 8.98. The number of hydrogen-bond donors (Lipinski definition) is 1. The van der Waals surface area contributed by atoms with Gasteiger partial charge in [-0.3, -0.25) is 10.1 Å². The van der Waals surface area contributed by atoms with Gasteiger partial charge in [-0.25, -0.2) is 4.39 Å². The van der Waals surface area contributed by atoms with Gasteiger partial charge in [0.15, 0.2) is 0 Å². The molecule has 1 fully saturated rings. The normalized spacial score (nSPS) is 18.8. The molecule has 132 valence electrons. The second-order valence-corrected chi connectivity index (χ2v) is 6.71. The van der Waals surface area contributed by atoms with Crippen molar-refractivity contribution in [3.63, 3.8) is 0 Å². The molecule has 3 nitrogen and oxygen atoms in total. The molecule has 2 unspecified atom stereocenters. The number of likely N-dealkylation sites (tertiary alicyclic amines) is 1. The monoisotopic (exact) mass is 340 g/mol. The van der Waals surface area contributed by atoms with Crippen molar-refractivity contribution in [1.82, 2.24) is 10.2 Å². The Balaban J connectivity index is 1.74. The van der Waals surface area contributed by atoms with Gasteiger partial charge in [0.25, 0.3) is 0 Å². The summed E-state index contributed by atoms with van der Waals surface area (Å²) < 4.78 is 13.3. The van der Waals surface area contributed by atoms with Crippen LogP contribution < -0.4 is 5.32 Å². The minimum absolute atomic E-state index is 0.133. The fraction of sp³-hybridized carbons (Fsp3) is 0.381. The number of benzene rings is 2. The predicted molar refractivity (Wildman–Crippen MR) is 97.7 cm³/mol. The molecule has 2 aromatic rings. The highest BCUT2D eigenvalue weighted by Gasteiger charge is 2.24. The second-order valence-electron chi connectivity index (χ2n) is 6.71. The topological polar surface area (TPSA) is 32.3 Å². The van der Waals surface area contributed by atoms with Crippen LogP contribution in [0.3, 0.4) is 0 Å². The van der Waals surface area contributed by atoms with Gasteiger partial charge in [-0.15, -0.1) is 0 Å². The van der Waals surface area contributed by atoms with Gasteiger partial charge in [0, 0.05) is 12.6 Å². The molecule has 0 bridgehead atoms. The zero-order valence-corrected chi connectivity index (χ0v) is 14.6. The summed E-state index contributed by atoms with van der Waals surface area (Å²) in [6.45, 7) is 3.24. The molecule has 1 aliphatic heterocycles. The van der Waals surface area contributed by atoms with Gasteiger partial charge in [0.05, 0.1) is 12.6 Å². The van der Waals surface area contributed by atoms with E-state index in [2.05, 4.69) is 12.2 Å². The van der Waals surface area contributed by atoms with Gasteiger partial charge in [0.1, 0.15) is 5.82 Å². The standard InChI is InChI=1S/C21H25FN2O/c1-16-7-5-6-14-24(16)20(25)15-23-21(17-8-3-2-4-9-17)18-10-12-19(22)13-11-18/h2-4,8-13,16,21,23H,5-7,14-15H2,1H3. The summed E-state index contributed by atoms with van der Waals surface area (Å²) in [5.41, 5.74) is 2.01.